The van der Waals surface area contributed by atoms with Crippen molar-refractivity contribution in [1.29, 1.82) is 0 Å². The normalized spacial score (nSPS) is 17.6. The number of carbonyl (C=O) groups is 1. The lowest BCUT2D eigenvalue weighted by Gasteiger charge is -2.32. The second-order valence-corrected chi connectivity index (χ2v) is 8.58. The van der Waals surface area contributed by atoms with Crippen molar-refractivity contribution in [2.24, 2.45) is 0 Å². The van der Waals surface area contributed by atoms with Crippen LogP contribution in [0.2, 0.25) is 0 Å². The summed E-state index contributed by atoms with van der Waals surface area (Å²) in [5.74, 6) is -0.268. The maximum atomic E-state index is 12.7. The third-order valence-electron chi connectivity index (χ3n) is 4.90. The Morgan fingerprint density at radius 1 is 0.966 bits per heavy atom. The highest BCUT2D eigenvalue weighted by Crippen LogP contribution is 2.24. The molecular weight excluding hydrogens is 390 g/mol. The van der Waals surface area contributed by atoms with Crippen molar-refractivity contribution in [1.82, 2.24) is 4.31 Å². The van der Waals surface area contributed by atoms with Crippen molar-refractivity contribution in [2.75, 3.05) is 13.2 Å². The van der Waals surface area contributed by atoms with Crippen LogP contribution in [-0.4, -0.2) is 37.9 Å². The number of hydrogen-bond donors (Lipinski definition) is 0. The fourth-order valence-electron chi connectivity index (χ4n) is 3.40. The van der Waals surface area contributed by atoms with Crippen LogP contribution in [0.15, 0.2) is 60.7 Å². The summed E-state index contributed by atoms with van der Waals surface area (Å²) < 4.78 is 37.1. The molecule has 1 atom stereocenters. The summed E-state index contributed by atoms with van der Waals surface area (Å²) in [4.78, 5) is 12.6. The number of unbranched alkanes of at least 4 members (excludes halogenated alkanes) is 1. The van der Waals surface area contributed by atoms with E-state index in [1.807, 2.05) is 18.2 Å². The van der Waals surface area contributed by atoms with Crippen LogP contribution in [0.4, 0.5) is 0 Å². The highest BCUT2D eigenvalue weighted by atomic mass is 32.2. The minimum absolute atomic E-state index is 0.228. The van der Waals surface area contributed by atoms with Gasteiger partial charge >= 0.3 is 16.3 Å². The third kappa shape index (κ3) is 6.30. The molecule has 0 spiro atoms. The first-order valence-corrected chi connectivity index (χ1v) is 11.4. The molecule has 0 N–H and O–H groups in total. The van der Waals surface area contributed by atoms with E-state index < -0.39 is 22.3 Å². The lowest BCUT2D eigenvalue weighted by Crippen LogP contribution is -2.50. The second kappa shape index (κ2) is 10.4. The molecule has 2 aromatic carbocycles. The first-order valence-electron chi connectivity index (χ1n) is 10.0. The number of carbonyl (C=O) groups excluding carboxylic acids is 1. The van der Waals surface area contributed by atoms with Gasteiger partial charge in [0.05, 0.1) is 6.61 Å². The van der Waals surface area contributed by atoms with Gasteiger partial charge in [0.25, 0.3) is 0 Å². The van der Waals surface area contributed by atoms with E-state index in [9.17, 15) is 13.2 Å². The number of nitrogens with zero attached hydrogens (tertiary/aromatic N) is 1. The first kappa shape index (κ1) is 21.3. The summed E-state index contributed by atoms with van der Waals surface area (Å²) in [6.07, 6.45) is 4.48. The van der Waals surface area contributed by atoms with E-state index >= 15 is 0 Å². The highest BCUT2D eigenvalue weighted by Gasteiger charge is 2.39. The van der Waals surface area contributed by atoms with E-state index in [0.717, 1.165) is 30.0 Å². The summed E-state index contributed by atoms with van der Waals surface area (Å²) in [6.45, 7) is 0.540. The summed E-state index contributed by atoms with van der Waals surface area (Å²) in [7, 11) is -4.07. The van der Waals surface area contributed by atoms with Gasteiger partial charge in [-0.1, -0.05) is 48.5 Å². The molecule has 6 nitrogen and oxygen atoms in total. The smallest absolute Gasteiger partial charge is 0.385 e. The first-order chi connectivity index (χ1) is 14.1. The Labute approximate surface area is 172 Å². The molecule has 0 unspecified atom stereocenters. The van der Waals surface area contributed by atoms with Crippen molar-refractivity contribution in [3.63, 3.8) is 0 Å². The van der Waals surface area contributed by atoms with Gasteiger partial charge in [-0.05, 0) is 56.2 Å². The lowest BCUT2D eigenvalue weighted by atomic mass is 10.1. The fraction of sp³-hybridized carbons (Fsp3) is 0.409. The van der Waals surface area contributed by atoms with Gasteiger partial charge in [-0.15, -0.1) is 0 Å². The van der Waals surface area contributed by atoms with Gasteiger partial charge in [0.1, 0.15) is 11.8 Å². The van der Waals surface area contributed by atoms with Gasteiger partial charge in [0.2, 0.25) is 0 Å². The van der Waals surface area contributed by atoms with Gasteiger partial charge in [0.15, 0.2) is 0 Å². The summed E-state index contributed by atoms with van der Waals surface area (Å²) in [6, 6.07) is 17.6. The van der Waals surface area contributed by atoms with Crippen LogP contribution in [0.3, 0.4) is 0 Å². The molecule has 0 amide bonds. The number of ether oxygens (including phenoxy) is 1. The quantitative estimate of drug-likeness (QED) is 0.459. The number of hydrogen-bond acceptors (Lipinski definition) is 5. The zero-order valence-electron chi connectivity index (χ0n) is 16.4. The predicted molar refractivity (Wildman–Crippen MR) is 111 cm³/mol. The summed E-state index contributed by atoms with van der Waals surface area (Å²) in [5, 5.41) is 0. The van der Waals surface area contributed by atoms with Crippen molar-refractivity contribution in [3.05, 3.63) is 66.2 Å². The van der Waals surface area contributed by atoms with E-state index in [1.54, 1.807) is 30.3 Å². The van der Waals surface area contributed by atoms with Gasteiger partial charge < -0.3 is 8.92 Å². The number of esters is 1. The van der Waals surface area contributed by atoms with Crippen LogP contribution in [0, 0.1) is 0 Å². The molecule has 0 radical (unpaired) electrons. The van der Waals surface area contributed by atoms with Crippen LogP contribution in [-0.2, 0) is 26.3 Å². The zero-order valence-corrected chi connectivity index (χ0v) is 17.2. The maximum Gasteiger partial charge on any atom is 0.385 e. The molecule has 3 rings (SSSR count). The standard InChI is InChI=1S/C22H27NO5S/c24-22(27-18-10-8-13-19-11-3-1-4-12-19)21-16-7-9-17-23(21)29(25,26)28-20-14-5-2-6-15-20/h1-6,11-12,14-15,21H,7-10,13,16-18H2/t21-/m0/s1. The largest absolute Gasteiger partial charge is 0.464 e. The van der Waals surface area contributed by atoms with Gasteiger partial charge in [0, 0.05) is 6.54 Å². The number of piperidine rings is 1. The van der Waals surface area contributed by atoms with E-state index in [-0.39, 0.29) is 18.9 Å². The number of benzene rings is 2. The SMILES string of the molecule is O=C(OCCCCc1ccccc1)[C@@H]1CCCCN1S(=O)(=O)Oc1ccccc1. The number of para-hydroxylation sites is 1. The zero-order chi connectivity index (χ0) is 20.5. The summed E-state index contributed by atoms with van der Waals surface area (Å²) in [5.41, 5.74) is 1.25. The molecule has 0 aliphatic carbocycles. The molecule has 7 heteroatoms. The topological polar surface area (TPSA) is 72.9 Å². The van der Waals surface area contributed by atoms with Gasteiger partial charge in [-0.25, -0.2) is 0 Å². The molecule has 1 saturated heterocycles. The molecule has 0 aromatic heterocycles. The molecular formula is C22H27NO5S. The van der Waals surface area contributed by atoms with Crippen molar-refractivity contribution < 1.29 is 22.1 Å². The van der Waals surface area contributed by atoms with Crippen molar-refractivity contribution in [3.8, 4) is 5.75 Å². The van der Waals surface area contributed by atoms with Crippen molar-refractivity contribution >= 4 is 16.3 Å². The average Bonchev–Trinajstić information content (AvgIpc) is 2.74. The predicted octanol–water partition coefficient (Wildman–Crippen LogP) is 3.73. The highest BCUT2D eigenvalue weighted by molar-refractivity contribution is 7.84. The molecule has 156 valence electrons. The van der Waals surface area contributed by atoms with Crippen molar-refractivity contribution in [2.45, 2.75) is 44.6 Å². The Balaban J connectivity index is 1.51. The average molecular weight is 418 g/mol. The van der Waals surface area contributed by atoms with Crippen LogP contribution < -0.4 is 4.18 Å². The Hall–Kier alpha value is -2.38. The minimum Gasteiger partial charge on any atom is -0.464 e. The molecule has 2 aromatic rings. The Morgan fingerprint density at radius 2 is 1.66 bits per heavy atom. The summed E-state index contributed by atoms with van der Waals surface area (Å²) >= 11 is 0. The Bertz CT molecular complexity index is 871. The minimum atomic E-state index is -4.07. The fourth-order valence-corrected chi connectivity index (χ4v) is 4.70. The van der Waals surface area contributed by atoms with Crippen LogP contribution >= 0.6 is 0 Å². The molecule has 1 heterocycles. The van der Waals surface area contributed by atoms with Crippen LogP contribution in [0.25, 0.3) is 0 Å². The Morgan fingerprint density at radius 3 is 2.38 bits per heavy atom. The maximum absolute atomic E-state index is 12.7. The molecule has 0 saturated carbocycles. The Kier molecular flexibility index (Phi) is 7.66. The third-order valence-corrected chi connectivity index (χ3v) is 6.32. The molecule has 1 aliphatic heterocycles. The van der Waals surface area contributed by atoms with E-state index in [1.165, 1.54) is 5.56 Å². The van der Waals surface area contributed by atoms with Gasteiger partial charge in [-0.3, -0.25) is 4.79 Å². The van der Waals surface area contributed by atoms with E-state index in [0.29, 0.717) is 12.8 Å². The molecule has 0 bridgehead atoms. The van der Waals surface area contributed by atoms with E-state index in [2.05, 4.69) is 12.1 Å². The van der Waals surface area contributed by atoms with Gasteiger partial charge in [-0.2, -0.15) is 12.7 Å². The lowest BCUT2D eigenvalue weighted by molar-refractivity contribution is -0.149. The molecule has 1 aliphatic rings. The monoisotopic (exact) mass is 417 g/mol. The van der Waals surface area contributed by atoms with Crippen LogP contribution in [0.5, 0.6) is 5.75 Å². The second-order valence-electron chi connectivity index (χ2n) is 7.09. The van der Waals surface area contributed by atoms with Crippen LogP contribution in [0.1, 0.15) is 37.7 Å². The number of rotatable bonds is 9. The molecule has 29 heavy (non-hydrogen) atoms. The number of aryl methyl sites for hydroxylation is 1. The molecule has 1 fully saturated rings. The van der Waals surface area contributed by atoms with E-state index in [4.69, 9.17) is 8.92 Å².